The van der Waals surface area contributed by atoms with Crippen LogP contribution in [0, 0.1) is 6.92 Å². The lowest BCUT2D eigenvalue weighted by atomic mass is 10.2. The smallest absolute Gasteiger partial charge is 0.307 e. The van der Waals surface area contributed by atoms with E-state index in [0.717, 1.165) is 5.56 Å². The Hall–Kier alpha value is -2.76. The molecule has 0 saturated heterocycles. The SMILES string of the molecule is Cc1ccc(S(=O)(=O)NCCC(=O)OCC(=O)NNC(=O)c2cccs2)cc1. The molecule has 0 aliphatic heterocycles. The van der Waals surface area contributed by atoms with Crippen LogP contribution in [-0.2, 0) is 24.3 Å². The number of ether oxygens (including phenoxy) is 1. The quantitative estimate of drug-likeness (QED) is 0.422. The first kappa shape index (κ1) is 21.5. The third-order valence-corrected chi connectivity index (χ3v) is 5.72. The van der Waals surface area contributed by atoms with Crippen molar-refractivity contribution < 1.29 is 27.5 Å². The van der Waals surface area contributed by atoms with Gasteiger partial charge in [-0.1, -0.05) is 23.8 Å². The minimum Gasteiger partial charge on any atom is -0.455 e. The molecule has 11 heteroatoms. The number of rotatable bonds is 8. The number of carbonyl (C=O) groups excluding carboxylic acids is 3. The van der Waals surface area contributed by atoms with Gasteiger partial charge in [0.1, 0.15) is 0 Å². The highest BCUT2D eigenvalue weighted by molar-refractivity contribution is 7.89. The molecule has 9 nitrogen and oxygen atoms in total. The highest BCUT2D eigenvalue weighted by Crippen LogP contribution is 2.09. The highest BCUT2D eigenvalue weighted by Gasteiger charge is 2.15. The molecule has 2 aromatic rings. The fraction of sp³-hybridized carbons (Fsp3) is 0.235. The van der Waals surface area contributed by atoms with Crippen LogP contribution in [0.1, 0.15) is 21.7 Å². The van der Waals surface area contributed by atoms with Gasteiger partial charge in [-0.25, -0.2) is 13.1 Å². The summed E-state index contributed by atoms with van der Waals surface area (Å²) in [7, 11) is -3.73. The summed E-state index contributed by atoms with van der Waals surface area (Å²) in [5.41, 5.74) is 5.22. The average molecular weight is 425 g/mol. The average Bonchev–Trinajstić information content (AvgIpc) is 3.19. The molecule has 1 heterocycles. The molecule has 150 valence electrons. The maximum absolute atomic E-state index is 12.1. The lowest BCUT2D eigenvalue weighted by Gasteiger charge is -2.08. The van der Waals surface area contributed by atoms with Gasteiger partial charge in [0.15, 0.2) is 6.61 Å². The van der Waals surface area contributed by atoms with Gasteiger partial charge in [-0.05, 0) is 30.5 Å². The summed E-state index contributed by atoms with van der Waals surface area (Å²) < 4.78 is 31.2. The minimum atomic E-state index is -3.73. The number of benzene rings is 1. The van der Waals surface area contributed by atoms with E-state index in [1.54, 1.807) is 29.6 Å². The van der Waals surface area contributed by atoms with Crippen molar-refractivity contribution >= 4 is 39.1 Å². The monoisotopic (exact) mass is 425 g/mol. The van der Waals surface area contributed by atoms with Crippen LogP contribution < -0.4 is 15.6 Å². The van der Waals surface area contributed by atoms with Gasteiger partial charge in [0, 0.05) is 6.54 Å². The second kappa shape index (κ2) is 9.97. The van der Waals surface area contributed by atoms with Crippen LogP contribution in [-0.4, -0.2) is 39.4 Å². The zero-order chi connectivity index (χ0) is 20.6. The number of hydrazine groups is 1. The van der Waals surface area contributed by atoms with Crippen molar-refractivity contribution in [2.75, 3.05) is 13.2 Å². The fourth-order valence-corrected chi connectivity index (χ4v) is 3.59. The van der Waals surface area contributed by atoms with E-state index >= 15 is 0 Å². The molecule has 1 aromatic carbocycles. The molecule has 28 heavy (non-hydrogen) atoms. The standard InChI is InChI=1S/C17H19N3O6S2/c1-12-4-6-13(7-5-12)28(24,25)18-9-8-16(22)26-11-15(21)19-20-17(23)14-3-2-10-27-14/h2-7,10,18H,8-9,11H2,1H3,(H,19,21)(H,20,23). The summed E-state index contributed by atoms with van der Waals surface area (Å²) in [6.45, 7) is 1.06. The van der Waals surface area contributed by atoms with Crippen LogP contribution in [0.25, 0.3) is 0 Å². The predicted molar refractivity (Wildman–Crippen MR) is 102 cm³/mol. The van der Waals surface area contributed by atoms with Crippen molar-refractivity contribution in [1.29, 1.82) is 0 Å². The van der Waals surface area contributed by atoms with Gasteiger partial charge >= 0.3 is 5.97 Å². The van der Waals surface area contributed by atoms with Crippen LogP contribution in [0.4, 0.5) is 0 Å². The third kappa shape index (κ3) is 6.76. The molecule has 0 spiro atoms. The first-order valence-corrected chi connectivity index (χ1v) is 10.5. The Kier molecular flexibility index (Phi) is 7.67. The number of nitrogens with one attached hydrogen (secondary N) is 3. The van der Waals surface area contributed by atoms with Gasteiger partial charge in [0.2, 0.25) is 10.0 Å². The molecule has 0 aliphatic rings. The van der Waals surface area contributed by atoms with Crippen LogP contribution >= 0.6 is 11.3 Å². The van der Waals surface area contributed by atoms with E-state index in [1.807, 2.05) is 6.92 Å². The Balaban J connectivity index is 1.66. The van der Waals surface area contributed by atoms with E-state index in [9.17, 15) is 22.8 Å². The third-order valence-electron chi connectivity index (χ3n) is 3.38. The van der Waals surface area contributed by atoms with Crippen molar-refractivity contribution in [3.8, 4) is 0 Å². The molecule has 0 unspecified atom stereocenters. The van der Waals surface area contributed by atoms with Crippen LogP contribution in [0.2, 0.25) is 0 Å². The molecule has 2 rings (SSSR count). The Morgan fingerprint density at radius 2 is 1.79 bits per heavy atom. The summed E-state index contributed by atoms with van der Waals surface area (Å²) in [5.74, 6) is -1.97. The van der Waals surface area contributed by atoms with Gasteiger partial charge < -0.3 is 4.74 Å². The van der Waals surface area contributed by atoms with Crippen LogP contribution in [0.3, 0.4) is 0 Å². The molecular weight excluding hydrogens is 406 g/mol. The second-order valence-electron chi connectivity index (χ2n) is 5.60. The first-order chi connectivity index (χ1) is 13.3. The molecule has 1 aromatic heterocycles. The van der Waals surface area contributed by atoms with Crippen molar-refractivity contribution in [2.24, 2.45) is 0 Å². The maximum Gasteiger partial charge on any atom is 0.307 e. The Bertz CT molecular complexity index is 924. The molecule has 0 fully saturated rings. The predicted octanol–water partition coefficient (Wildman–Crippen LogP) is 0.729. The molecular formula is C17H19N3O6S2. The topological polar surface area (TPSA) is 131 Å². The van der Waals surface area contributed by atoms with Gasteiger partial charge in [-0.2, -0.15) is 0 Å². The molecule has 2 amide bonds. The van der Waals surface area contributed by atoms with Crippen molar-refractivity contribution in [3.63, 3.8) is 0 Å². The summed E-state index contributed by atoms with van der Waals surface area (Å²) >= 11 is 1.21. The van der Waals surface area contributed by atoms with E-state index < -0.39 is 34.4 Å². The van der Waals surface area contributed by atoms with Crippen LogP contribution in [0.5, 0.6) is 0 Å². The van der Waals surface area contributed by atoms with E-state index in [2.05, 4.69) is 15.6 Å². The molecule has 0 radical (unpaired) electrons. The first-order valence-electron chi connectivity index (χ1n) is 8.12. The summed E-state index contributed by atoms with van der Waals surface area (Å²) in [5, 5.41) is 1.71. The largest absolute Gasteiger partial charge is 0.455 e. The molecule has 0 atom stereocenters. The van der Waals surface area contributed by atoms with Crippen molar-refractivity contribution in [1.82, 2.24) is 15.6 Å². The van der Waals surface area contributed by atoms with Crippen molar-refractivity contribution in [2.45, 2.75) is 18.2 Å². The van der Waals surface area contributed by atoms with E-state index in [-0.39, 0.29) is 17.9 Å². The number of thiophene rings is 1. The fourth-order valence-electron chi connectivity index (χ4n) is 1.94. The summed E-state index contributed by atoms with van der Waals surface area (Å²) in [4.78, 5) is 35.3. The Morgan fingerprint density at radius 3 is 2.43 bits per heavy atom. The van der Waals surface area contributed by atoms with Crippen molar-refractivity contribution in [3.05, 3.63) is 52.2 Å². The lowest BCUT2D eigenvalue weighted by molar-refractivity contribution is -0.148. The zero-order valence-electron chi connectivity index (χ0n) is 14.9. The van der Waals surface area contributed by atoms with Gasteiger partial charge in [0.05, 0.1) is 16.2 Å². The number of hydrogen-bond acceptors (Lipinski definition) is 7. The van der Waals surface area contributed by atoms with Crippen LogP contribution in [0.15, 0.2) is 46.7 Å². The number of sulfonamides is 1. The lowest BCUT2D eigenvalue weighted by Crippen LogP contribution is -2.43. The summed E-state index contributed by atoms with van der Waals surface area (Å²) in [6.07, 6.45) is -0.250. The molecule has 0 bridgehead atoms. The zero-order valence-corrected chi connectivity index (χ0v) is 16.6. The number of esters is 1. The van der Waals surface area contributed by atoms with E-state index in [1.165, 1.54) is 23.5 Å². The van der Waals surface area contributed by atoms with Gasteiger partial charge in [-0.3, -0.25) is 25.2 Å². The van der Waals surface area contributed by atoms with E-state index in [4.69, 9.17) is 4.74 Å². The van der Waals surface area contributed by atoms with Gasteiger partial charge in [0.25, 0.3) is 11.8 Å². The maximum atomic E-state index is 12.1. The normalized spacial score (nSPS) is 10.9. The highest BCUT2D eigenvalue weighted by atomic mass is 32.2. The number of carbonyl (C=O) groups is 3. The van der Waals surface area contributed by atoms with E-state index in [0.29, 0.717) is 4.88 Å². The minimum absolute atomic E-state index is 0.0901. The molecule has 0 aliphatic carbocycles. The number of aryl methyl sites for hydroxylation is 1. The number of hydrogen-bond donors (Lipinski definition) is 3. The Labute approximate surface area is 166 Å². The molecule has 3 N–H and O–H groups in total. The second-order valence-corrected chi connectivity index (χ2v) is 8.32. The molecule has 0 saturated carbocycles. The van der Waals surface area contributed by atoms with Gasteiger partial charge in [-0.15, -0.1) is 11.3 Å². The summed E-state index contributed by atoms with van der Waals surface area (Å²) in [6, 6.07) is 9.53. The number of amides is 2. The Morgan fingerprint density at radius 1 is 1.07 bits per heavy atom.